The molecule has 1 aromatic carbocycles. The third-order valence-electron chi connectivity index (χ3n) is 8.42. The average molecular weight is 573 g/mol. The lowest BCUT2D eigenvalue weighted by atomic mass is 10.1. The van der Waals surface area contributed by atoms with Gasteiger partial charge in [-0.25, -0.2) is 15.0 Å². The van der Waals surface area contributed by atoms with Gasteiger partial charge in [-0.05, 0) is 69.5 Å². The molecule has 3 atom stereocenters. The maximum Gasteiger partial charge on any atom is 0.229 e. The van der Waals surface area contributed by atoms with Crippen LogP contribution in [-0.4, -0.2) is 85.0 Å². The van der Waals surface area contributed by atoms with Gasteiger partial charge in [0.2, 0.25) is 5.95 Å². The lowest BCUT2D eigenvalue weighted by molar-refractivity contribution is 0.0244. The molecular formula is C31H40N8O3. The zero-order chi connectivity index (χ0) is 29.4. The second kappa shape index (κ2) is 11.6. The quantitative estimate of drug-likeness (QED) is 0.297. The maximum absolute atomic E-state index is 11.1. The molecule has 0 radical (unpaired) electrons. The number of rotatable bonds is 8. The average Bonchev–Trinajstić information content (AvgIpc) is 3.53. The van der Waals surface area contributed by atoms with Crippen LogP contribution in [-0.2, 0) is 5.60 Å². The lowest BCUT2D eigenvalue weighted by Gasteiger charge is -2.40. The summed E-state index contributed by atoms with van der Waals surface area (Å²) < 4.78 is 0. The van der Waals surface area contributed by atoms with Crippen molar-refractivity contribution in [1.29, 1.82) is 0 Å². The number of benzene rings is 1. The van der Waals surface area contributed by atoms with E-state index in [1.165, 1.54) is 0 Å². The van der Waals surface area contributed by atoms with Crippen molar-refractivity contribution < 1.29 is 15.3 Å². The van der Waals surface area contributed by atoms with Gasteiger partial charge in [0.1, 0.15) is 11.4 Å². The van der Waals surface area contributed by atoms with Gasteiger partial charge in [0.25, 0.3) is 0 Å². The molecule has 0 spiro atoms. The molecular weight excluding hydrogens is 532 g/mol. The van der Waals surface area contributed by atoms with Crippen LogP contribution < -0.4 is 15.2 Å². The Bertz CT molecular complexity index is 1400. The number of hydrogen-bond donors (Lipinski definition) is 4. The van der Waals surface area contributed by atoms with Crippen LogP contribution in [0.3, 0.4) is 0 Å². The predicted octanol–water partition coefficient (Wildman–Crippen LogP) is 3.42. The van der Waals surface area contributed by atoms with Crippen LogP contribution in [0, 0.1) is 0 Å². The van der Waals surface area contributed by atoms with Gasteiger partial charge in [-0.1, -0.05) is 12.1 Å². The molecule has 0 bridgehead atoms. The highest BCUT2D eigenvalue weighted by Gasteiger charge is 2.39. The van der Waals surface area contributed by atoms with E-state index in [1.54, 1.807) is 42.2 Å². The van der Waals surface area contributed by atoms with Gasteiger partial charge in [-0.15, -0.1) is 6.58 Å². The fourth-order valence-corrected chi connectivity index (χ4v) is 6.16. The Morgan fingerprint density at radius 2 is 1.79 bits per heavy atom. The minimum absolute atomic E-state index is 0.183. The smallest absolute Gasteiger partial charge is 0.229 e. The van der Waals surface area contributed by atoms with Crippen molar-refractivity contribution in [3.63, 3.8) is 0 Å². The second-order valence-corrected chi connectivity index (χ2v) is 11.8. The summed E-state index contributed by atoms with van der Waals surface area (Å²) in [5.41, 5.74) is 1.94. The molecule has 4 heterocycles. The van der Waals surface area contributed by atoms with Gasteiger partial charge < -0.3 is 25.5 Å². The van der Waals surface area contributed by atoms with Crippen molar-refractivity contribution in [3.8, 4) is 0 Å². The molecule has 11 nitrogen and oxygen atoms in total. The highest BCUT2D eigenvalue weighted by atomic mass is 16.3. The summed E-state index contributed by atoms with van der Waals surface area (Å²) in [5.74, 6) is 1.41. The summed E-state index contributed by atoms with van der Waals surface area (Å²) in [6.45, 7) is 11.4. The Morgan fingerprint density at radius 1 is 1.02 bits per heavy atom. The van der Waals surface area contributed by atoms with Crippen LogP contribution in [0.5, 0.6) is 0 Å². The number of aliphatic hydroxyl groups excluding tert-OH is 2. The molecule has 4 N–H and O–H groups in total. The minimum Gasteiger partial charge on any atom is -0.391 e. The Hall–Kier alpha value is -3.61. The highest BCUT2D eigenvalue weighted by molar-refractivity contribution is 5.66. The number of nitrogens with one attached hydrogen (secondary N) is 1. The summed E-state index contributed by atoms with van der Waals surface area (Å²) in [6.07, 6.45) is 5.30. The molecule has 1 saturated carbocycles. The summed E-state index contributed by atoms with van der Waals surface area (Å²) in [4.78, 5) is 18.8. The number of pyridine rings is 1. The van der Waals surface area contributed by atoms with Crippen LogP contribution in [0.2, 0.25) is 0 Å². The number of aromatic nitrogens is 3. The van der Waals surface area contributed by atoms with Gasteiger partial charge in [-0.3, -0.25) is 4.90 Å². The number of piperazine rings is 1. The Labute approximate surface area is 246 Å². The summed E-state index contributed by atoms with van der Waals surface area (Å²) in [7, 11) is 0. The van der Waals surface area contributed by atoms with E-state index in [0.717, 1.165) is 56.8 Å². The first-order chi connectivity index (χ1) is 20.2. The Balaban J connectivity index is 1.18. The molecule has 2 aromatic heterocycles. The maximum atomic E-state index is 11.1. The Morgan fingerprint density at radius 3 is 2.45 bits per heavy atom. The van der Waals surface area contributed by atoms with E-state index in [4.69, 9.17) is 4.98 Å². The van der Waals surface area contributed by atoms with E-state index < -0.39 is 11.8 Å². The minimum atomic E-state index is -1.13. The molecule has 3 unspecified atom stereocenters. The first-order valence-corrected chi connectivity index (χ1v) is 14.7. The zero-order valence-electron chi connectivity index (χ0n) is 24.3. The molecule has 222 valence electrons. The highest BCUT2D eigenvalue weighted by Crippen LogP contribution is 2.42. The van der Waals surface area contributed by atoms with Gasteiger partial charge in [-0.2, -0.15) is 9.99 Å². The fourth-order valence-electron chi connectivity index (χ4n) is 6.16. The van der Waals surface area contributed by atoms with Crippen molar-refractivity contribution in [2.24, 2.45) is 0 Å². The topological polar surface area (TPSA) is 124 Å². The molecule has 6 rings (SSSR count). The molecule has 42 heavy (non-hydrogen) atoms. The van der Waals surface area contributed by atoms with E-state index in [-0.39, 0.29) is 6.10 Å². The van der Waals surface area contributed by atoms with E-state index in [0.29, 0.717) is 41.4 Å². The third-order valence-corrected chi connectivity index (χ3v) is 8.42. The summed E-state index contributed by atoms with van der Waals surface area (Å²) in [5, 5.41) is 38.7. The van der Waals surface area contributed by atoms with Crippen LogP contribution in [0.25, 0.3) is 0 Å². The monoisotopic (exact) mass is 572 g/mol. The van der Waals surface area contributed by atoms with Crippen molar-refractivity contribution in [2.45, 2.75) is 57.1 Å². The molecule has 1 aliphatic carbocycles. The molecule has 0 amide bonds. The molecule has 1 saturated heterocycles. The normalized spacial score (nSPS) is 23.3. The Kier molecular flexibility index (Phi) is 7.86. The lowest BCUT2D eigenvalue weighted by Crippen LogP contribution is -2.52. The summed E-state index contributed by atoms with van der Waals surface area (Å²) >= 11 is 0. The van der Waals surface area contributed by atoms with Crippen molar-refractivity contribution in [3.05, 3.63) is 72.6 Å². The summed E-state index contributed by atoms with van der Waals surface area (Å²) in [6, 6.07) is 14.0. The predicted molar refractivity (Wildman–Crippen MR) is 163 cm³/mol. The van der Waals surface area contributed by atoms with Crippen molar-refractivity contribution >= 4 is 29.0 Å². The van der Waals surface area contributed by atoms with Gasteiger partial charge >= 0.3 is 0 Å². The second-order valence-electron chi connectivity index (χ2n) is 11.8. The van der Waals surface area contributed by atoms with Crippen molar-refractivity contribution in [1.82, 2.24) is 24.9 Å². The van der Waals surface area contributed by atoms with Crippen LogP contribution in [0.4, 0.5) is 29.0 Å². The molecule has 3 aliphatic rings. The molecule has 3 aromatic rings. The first kappa shape index (κ1) is 28.5. The van der Waals surface area contributed by atoms with Crippen LogP contribution >= 0.6 is 0 Å². The standard InChI is InChI=1S/C31H40N8O3/c1-4-15-38-29(41)23-20-32-30(35-28(23)39(38)27-10-6-9-26(34-27)31(2,3)42)33-21-11-13-22(14-12-21)36-16-18-37(19-17-36)24-7-5-8-25(24)40/h4,6,9-14,20,24-25,29,40-42H,1,5,7-8,15-19H2,2-3H3,(H,32,33,35). The SMILES string of the molecule is C=CCN1C(O)c2cnc(Nc3ccc(N4CCN(C5CCCC5O)CC4)cc3)nc2N1c1cccc(C(C)(C)O)n1. The number of hydrogen-bond acceptors (Lipinski definition) is 11. The number of hydrazine groups is 1. The number of anilines is 5. The molecule has 11 heteroatoms. The van der Waals surface area contributed by atoms with E-state index in [1.807, 2.05) is 24.3 Å². The zero-order valence-corrected chi connectivity index (χ0v) is 24.3. The fraction of sp³-hybridized carbons (Fsp3) is 0.452. The molecule has 2 aliphatic heterocycles. The third kappa shape index (κ3) is 5.58. The van der Waals surface area contributed by atoms with Gasteiger partial charge in [0, 0.05) is 56.3 Å². The van der Waals surface area contributed by atoms with Gasteiger partial charge in [0.15, 0.2) is 12.0 Å². The first-order valence-electron chi connectivity index (χ1n) is 14.7. The van der Waals surface area contributed by atoms with Crippen LogP contribution in [0.1, 0.15) is 50.6 Å². The van der Waals surface area contributed by atoms with Gasteiger partial charge in [0.05, 0.1) is 17.4 Å². The number of aliphatic hydroxyl groups is 3. The van der Waals surface area contributed by atoms with Crippen LogP contribution in [0.15, 0.2) is 61.3 Å². The van der Waals surface area contributed by atoms with E-state index in [2.05, 4.69) is 43.8 Å². The van der Waals surface area contributed by atoms with Crippen molar-refractivity contribution in [2.75, 3.05) is 47.9 Å². The largest absolute Gasteiger partial charge is 0.391 e. The number of fused-ring (bicyclic) bond motifs is 1. The molecule has 2 fully saturated rings. The number of nitrogens with zero attached hydrogens (tertiary/aromatic N) is 7. The van der Waals surface area contributed by atoms with E-state index in [9.17, 15) is 15.3 Å². The van der Waals surface area contributed by atoms with E-state index >= 15 is 0 Å².